The fraction of sp³-hybridized carbons (Fsp3) is 0.211. The van der Waals surface area contributed by atoms with Crippen molar-refractivity contribution in [1.29, 1.82) is 0 Å². The van der Waals surface area contributed by atoms with Gasteiger partial charge in [-0.15, -0.1) is 0 Å². The Bertz CT molecular complexity index is 871. The maximum atomic E-state index is 12.2. The Morgan fingerprint density at radius 1 is 1.12 bits per heavy atom. The van der Waals surface area contributed by atoms with Crippen molar-refractivity contribution in [3.8, 4) is 0 Å². The summed E-state index contributed by atoms with van der Waals surface area (Å²) in [5, 5.41) is 4.19. The van der Waals surface area contributed by atoms with Crippen LogP contribution in [0.3, 0.4) is 0 Å². The summed E-state index contributed by atoms with van der Waals surface area (Å²) in [6.45, 7) is 0. The van der Waals surface area contributed by atoms with E-state index in [1.807, 2.05) is 61.6 Å². The van der Waals surface area contributed by atoms with Gasteiger partial charge in [0.2, 0.25) is 0 Å². The van der Waals surface area contributed by atoms with E-state index in [1.165, 1.54) is 18.9 Å². The quantitative estimate of drug-likeness (QED) is 0.415. The molecule has 0 amide bonds. The highest BCUT2D eigenvalue weighted by atomic mass is 32.2. The molecule has 25 heavy (non-hydrogen) atoms. The van der Waals surface area contributed by atoms with Crippen LogP contribution in [0.5, 0.6) is 0 Å². The van der Waals surface area contributed by atoms with Crippen LogP contribution in [0.2, 0.25) is 0 Å². The number of nitrogens with one attached hydrogen (secondary N) is 1. The standard InChI is InChI=1S/C19H19N3O2S/c1-20-17-14-10-6-7-11-15(14)21-19(22-17)25-16(18(23)24-2)12-13-8-4-3-5-9-13/h3-11,16H,12H2,1-2H3,(H,20,21,22)/t16-/m0/s1. The van der Waals surface area contributed by atoms with Crippen LogP contribution in [-0.4, -0.2) is 35.3 Å². The molecule has 2 aromatic carbocycles. The molecule has 0 bridgehead atoms. The van der Waals surface area contributed by atoms with Crippen molar-refractivity contribution in [1.82, 2.24) is 9.97 Å². The lowest BCUT2D eigenvalue weighted by molar-refractivity contribution is -0.139. The Morgan fingerprint density at radius 2 is 1.84 bits per heavy atom. The van der Waals surface area contributed by atoms with Crippen LogP contribution in [0.15, 0.2) is 59.8 Å². The number of ether oxygens (including phenoxy) is 1. The highest BCUT2D eigenvalue weighted by molar-refractivity contribution is 8.00. The van der Waals surface area contributed by atoms with E-state index in [0.717, 1.165) is 22.3 Å². The normalized spacial score (nSPS) is 11.9. The number of fused-ring (bicyclic) bond motifs is 1. The molecule has 0 aliphatic carbocycles. The molecule has 0 unspecified atom stereocenters. The first kappa shape index (κ1) is 17.2. The van der Waals surface area contributed by atoms with Crippen LogP contribution < -0.4 is 5.32 Å². The van der Waals surface area contributed by atoms with Gasteiger partial charge < -0.3 is 10.1 Å². The first-order valence-corrected chi connectivity index (χ1v) is 8.82. The predicted molar refractivity (Wildman–Crippen MR) is 101 cm³/mol. The van der Waals surface area contributed by atoms with Gasteiger partial charge in [0, 0.05) is 12.4 Å². The molecule has 0 radical (unpaired) electrons. The number of carbonyl (C=O) groups is 1. The molecule has 0 aliphatic rings. The Morgan fingerprint density at radius 3 is 2.56 bits per heavy atom. The zero-order valence-corrected chi connectivity index (χ0v) is 14.9. The van der Waals surface area contributed by atoms with E-state index in [4.69, 9.17) is 4.74 Å². The van der Waals surface area contributed by atoms with Crippen molar-refractivity contribution in [2.75, 3.05) is 19.5 Å². The van der Waals surface area contributed by atoms with Crippen molar-refractivity contribution in [2.24, 2.45) is 0 Å². The van der Waals surface area contributed by atoms with E-state index < -0.39 is 5.25 Å². The van der Waals surface area contributed by atoms with Gasteiger partial charge in [0.05, 0.1) is 12.6 Å². The third kappa shape index (κ3) is 4.09. The number of benzene rings is 2. The molecule has 1 N–H and O–H groups in total. The second-order valence-corrected chi connectivity index (χ2v) is 6.61. The summed E-state index contributed by atoms with van der Waals surface area (Å²) in [4.78, 5) is 21.4. The highest BCUT2D eigenvalue weighted by Gasteiger charge is 2.23. The van der Waals surface area contributed by atoms with Crippen LogP contribution in [0.25, 0.3) is 10.9 Å². The molecule has 0 fully saturated rings. The van der Waals surface area contributed by atoms with E-state index in [1.54, 1.807) is 0 Å². The third-order valence-corrected chi connectivity index (χ3v) is 4.83. The number of carbonyl (C=O) groups excluding carboxylic acids is 1. The van der Waals surface area contributed by atoms with Crippen molar-refractivity contribution < 1.29 is 9.53 Å². The molecule has 0 aliphatic heterocycles. The minimum Gasteiger partial charge on any atom is -0.468 e. The molecule has 1 aromatic heterocycles. The molecular formula is C19H19N3O2S. The lowest BCUT2D eigenvalue weighted by Gasteiger charge is -2.14. The number of rotatable bonds is 6. The maximum absolute atomic E-state index is 12.2. The molecular weight excluding hydrogens is 334 g/mol. The summed E-state index contributed by atoms with van der Waals surface area (Å²) >= 11 is 1.32. The smallest absolute Gasteiger partial charge is 0.319 e. The molecule has 0 saturated carbocycles. The van der Waals surface area contributed by atoms with Crippen molar-refractivity contribution in [2.45, 2.75) is 16.8 Å². The van der Waals surface area contributed by atoms with E-state index in [-0.39, 0.29) is 5.97 Å². The van der Waals surface area contributed by atoms with Gasteiger partial charge in [0.25, 0.3) is 0 Å². The second-order valence-electron chi connectivity index (χ2n) is 5.44. The average Bonchev–Trinajstić information content (AvgIpc) is 2.67. The Hall–Kier alpha value is -2.60. The SMILES string of the molecule is CNc1nc(S[C@@H](Cc2ccccc2)C(=O)OC)nc2ccccc12. The van der Waals surface area contributed by atoms with Gasteiger partial charge in [-0.2, -0.15) is 0 Å². The molecule has 0 saturated heterocycles. The number of esters is 1. The summed E-state index contributed by atoms with van der Waals surface area (Å²) in [5.74, 6) is 0.466. The minimum atomic E-state index is -0.404. The van der Waals surface area contributed by atoms with Gasteiger partial charge in [0.15, 0.2) is 5.16 Å². The number of aromatic nitrogens is 2. The molecule has 1 atom stereocenters. The molecule has 1 heterocycles. The lowest BCUT2D eigenvalue weighted by Crippen LogP contribution is -2.22. The topological polar surface area (TPSA) is 64.1 Å². The van der Waals surface area contributed by atoms with Crippen LogP contribution in [0.1, 0.15) is 5.56 Å². The summed E-state index contributed by atoms with van der Waals surface area (Å²) in [7, 11) is 3.23. The zero-order chi connectivity index (χ0) is 17.6. The first-order valence-electron chi connectivity index (χ1n) is 7.94. The third-order valence-electron chi connectivity index (χ3n) is 3.80. The van der Waals surface area contributed by atoms with Crippen LogP contribution >= 0.6 is 11.8 Å². The molecule has 3 rings (SSSR count). The van der Waals surface area contributed by atoms with Crippen LogP contribution in [-0.2, 0) is 16.0 Å². The van der Waals surface area contributed by atoms with Gasteiger partial charge in [0.1, 0.15) is 11.1 Å². The van der Waals surface area contributed by atoms with Gasteiger partial charge in [-0.3, -0.25) is 4.79 Å². The van der Waals surface area contributed by atoms with Crippen molar-refractivity contribution in [3.63, 3.8) is 0 Å². The molecule has 128 valence electrons. The Kier molecular flexibility index (Phi) is 5.50. The van der Waals surface area contributed by atoms with Crippen molar-refractivity contribution in [3.05, 3.63) is 60.2 Å². The van der Waals surface area contributed by atoms with E-state index in [0.29, 0.717) is 11.6 Å². The number of methoxy groups -OCH3 is 1. The van der Waals surface area contributed by atoms with Crippen molar-refractivity contribution >= 4 is 34.5 Å². The van der Waals surface area contributed by atoms with Gasteiger partial charge in [-0.05, 0) is 24.1 Å². The van der Waals surface area contributed by atoms with E-state index in [2.05, 4.69) is 15.3 Å². The zero-order valence-electron chi connectivity index (χ0n) is 14.1. The Balaban J connectivity index is 1.91. The molecule has 3 aromatic rings. The van der Waals surface area contributed by atoms with Gasteiger partial charge >= 0.3 is 5.97 Å². The number of anilines is 1. The van der Waals surface area contributed by atoms with Gasteiger partial charge in [-0.1, -0.05) is 54.2 Å². The second kappa shape index (κ2) is 7.98. The predicted octanol–water partition coefficient (Wildman–Crippen LogP) is 3.55. The molecule has 0 spiro atoms. The molecule has 6 heteroatoms. The number of nitrogens with zero attached hydrogens (tertiary/aromatic N) is 2. The van der Waals surface area contributed by atoms with E-state index >= 15 is 0 Å². The number of para-hydroxylation sites is 1. The monoisotopic (exact) mass is 353 g/mol. The summed E-state index contributed by atoms with van der Waals surface area (Å²) in [6.07, 6.45) is 0.559. The first-order chi connectivity index (χ1) is 12.2. The minimum absolute atomic E-state index is 0.281. The van der Waals surface area contributed by atoms with Gasteiger partial charge in [-0.25, -0.2) is 9.97 Å². The maximum Gasteiger partial charge on any atom is 0.319 e. The average molecular weight is 353 g/mol. The number of hydrogen-bond acceptors (Lipinski definition) is 6. The summed E-state index contributed by atoms with van der Waals surface area (Å²) in [5.41, 5.74) is 1.91. The summed E-state index contributed by atoms with van der Waals surface area (Å²) < 4.78 is 4.97. The number of thioether (sulfide) groups is 1. The summed E-state index contributed by atoms with van der Waals surface area (Å²) in [6, 6.07) is 17.7. The fourth-order valence-electron chi connectivity index (χ4n) is 2.56. The highest BCUT2D eigenvalue weighted by Crippen LogP contribution is 2.28. The fourth-order valence-corrected chi connectivity index (χ4v) is 3.58. The molecule has 5 nitrogen and oxygen atoms in total. The Labute approximate surface area is 150 Å². The largest absolute Gasteiger partial charge is 0.468 e. The van der Waals surface area contributed by atoms with Crippen LogP contribution in [0, 0.1) is 0 Å². The number of hydrogen-bond donors (Lipinski definition) is 1. The van der Waals surface area contributed by atoms with E-state index in [9.17, 15) is 4.79 Å². The lowest BCUT2D eigenvalue weighted by atomic mass is 10.1. The van der Waals surface area contributed by atoms with Crippen LogP contribution in [0.4, 0.5) is 5.82 Å².